The minimum Gasteiger partial charge on any atom is -0.478 e. The molecule has 0 radical (unpaired) electrons. The Morgan fingerprint density at radius 1 is 1.17 bits per heavy atom. The van der Waals surface area contributed by atoms with Crippen molar-refractivity contribution >= 4 is 5.97 Å². The Morgan fingerprint density at radius 2 is 1.61 bits per heavy atom. The van der Waals surface area contributed by atoms with Crippen molar-refractivity contribution in [2.24, 2.45) is 0 Å². The number of carboxylic acid groups (broad SMARTS) is 1. The Bertz CT molecular complexity index is 348. The molecule has 1 N–H and O–H groups in total. The first-order chi connectivity index (χ1) is 7.89. The number of alkyl halides is 6. The van der Waals surface area contributed by atoms with Gasteiger partial charge in [0.05, 0.1) is 0 Å². The fourth-order valence-electron chi connectivity index (χ4n) is 1.14. The van der Waals surface area contributed by atoms with E-state index in [9.17, 15) is 31.1 Å². The zero-order valence-electron chi connectivity index (χ0n) is 9.61. The molecule has 0 bridgehead atoms. The Kier molecular flexibility index (Phi) is 4.84. The molecule has 0 atom stereocenters. The molecule has 106 valence electrons. The van der Waals surface area contributed by atoms with Gasteiger partial charge in [0.1, 0.15) is 0 Å². The Labute approximate surface area is 99.3 Å². The Hall–Kier alpha value is -1.21. The number of allylic oxidation sites excluding steroid dienone is 1. The van der Waals surface area contributed by atoms with E-state index in [1.165, 1.54) is 0 Å². The summed E-state index contributed by atoms with van der Waals surface area (Å²) in [5.74, 6) is -17.7. The van der Waals surface area contributed by atoms with E-state index in [4.69, 9.17) is 5.11 Å². The van der Waals surface area contributed by atoms with Gasteiger partial charge < -0.3 is 5.11 Å². The van der Waals surface area contributed by atoms with Crippen molar-refractivity contribution < 1.29 is 36.2 Å². The van der Waals surface area contributed by atoms with Crippen LogP contribution >= 0.6 is 0 Å². The molecular formula is C10H12F6O2. The number of aliphatic carboxylic acids is 1. The lowest BCUT2D eigenvalue weighted by Gasteiger charge is -2.31. The third-order valence-corrected chi connectivity index (χ3v) is 2.18. The maximum absolute atomic E-state index is 13.1. The van der Waals surface area contributed by atoms with E-state index < -0.39 is 48.2 Å². The molecule has 2 nitrogen and oxygen atoms in total. The zero-order valence-corrected chi connectivity index (χ0v) is 9.61. The number of hydrogen-bond acceptors (Lipinski definition) is 1. The Balaban J connectivity index is 5.45. The average Bonchev–Trinajstić information content (AvgIpc) is 2.15. The van der Waals surface area contributed by atoms with E-state index in [1.54, 1.807) is 0 Å². The van der Waals surface area contributed by atoms with Gasteiger partial charge in [0.15, 0.2) is 0 Å². The van der Waals surface area contributed by atoms with Crippen molar-refractivity contribution in [3.05, 3.63) is 11.6 Å². The van der Waals surface area contributed by atoms with Gasteiger partial charge in [-0.15, -0.1) is 0 Å². The highest BCUT2D eigenvalue weighted by molar-refractivity contribution is 5.86. The maximum atomic E-state index is 13.1. The molecule has 0 heterocycles. The van der Waals surface area contributed by atoms with Gasteiger partial charge in [-0.2, -0.15) is 26.3 Å². The highest BCUT2D eigenvalue weighted by Crippen LogP contribution is 2.48. The van der Waals surface area contributed by atoms with Crippen LogP contribution in [0.1, 0.15) is 26.7 Å². The maximum Gasteiger partial charge on any atom is 0.375 e. The molecule has 0 fully saturated rings. The molecular weight excluding hydrogens is 266 g/mol. The molecule has 0 spiro atoms. The molecule has 0 aliphatic rings. The molecule has 0 aliphatic carbocycles. The molecule has 18 heavy (non-hydrogen) atoms. The van der Waals surface area contributed by atoms with Crippen LogP contribution in [0.4, 0.5) is 26.3 Å². The summed E-state index contributed by atoms with van der Waals surface area (Å²) in [6.07, 6.45) is -2.49. The molecule has 0 unspecified atom stereocenters. The van der Waals surface area contributed by atoms with Gasteiger partial charge in [0, 0.05) is 18.1 Å². The second-order valence-electron chi connectivity index (χ2n) is 3.78. The molecule has 0 rings (SSSR count). The van der Waals surface area contributed by atoms with Crippen molar-refractivity contribution in [2.45, 2.75) is 44.5 Å². The SMILES string of the molecule is CCCC(F)(F)C(F)(F)C(F)(F)C=C(C)C(=O)O. The van der Waals surface area contributed by atoms with Gasteiger partial charge in [-0.3, -0.25) is 0 Å². The molecule has 0 aliphatic heterocycles. The number of carbonyl (C=O) groups is 1. The minimum atomic E-state index is -5.65. The minimum absolute atomic E-state index is 0.416. The summed E-state index contributed by atoms with van der Waals surface area (Å²) in [6.45, 7) is 1.75. The average molecular weight is 278 g/mol. The first-order valence-electron chi connectivity index (χ1n) is 4.95. The highest BCUT2D eigenvalue weighted by atomic mass is 19.3. The molecule has 0 aromatic rings. The summed E-state index contributed by atoms with van der Waals surface area (Å²) in [6, 6.07) is 0. The van der Waals surface area contributed by atoms with E-state index in [0.29, 0.717) is 6.92 Å². The zero-order chi connectivity index (χ0) is 14.8. The van der Waals surface area contributed by atoms with Crippen molar-refractivity contribution in [3.8, 4) is 0 Å². The molecule has 0 aromatic heterocycles. The van der Waals surface area contributed by atoms with Gasteiger partial charge in [-0.1, -0.05) is 13.3 Å². The van der Waals surface area contributed by atoms with Gasteiger partial charge in [0.25, 0.3) is 0 Å². The van der Waals surface area contributed by atoms with Crippen LogP contribution in [0.15, 0.2) is 11.6 Å². The van der Waals surface area contributed by atoms with E-state index in [2.05, 4.69) is 0 Å². The van der Waals surface area contributed by atoms with Crippen LogP contribution in [0.25, 0.3) is 0 Å². The summed E-state index contributed by atoms with van der Waals surface area (Å²) < 4.78 is 78.1. The number of rotatable bonds is 6. The van der Waals surface area contributed by atoms with Crippen LogP contribution in [-0.4, -0.2) is 28.8 Å². The van der Waals surface area contributed by atoms with E-state index in [-0.39, 0.29) is 0 Å². The lowest BCUT2D eigenvalue weighted by atomic mass is 9.99. The van der Waals surface area contributed by atoms with Crippen molar-refractivity contribution in [3.63, 3.8) is 0 Å². The molecule has 0 aromatic carbocycles. The smallest absolute Gasteiger partial charge is 0.375 e. The van der Waals surface area contributed by atoms with Crippen LogP contribution in [0, 0.1) is 0 Å². The second kappa shape index (κ2) is 5.19. The normalized spacial score (nSPS) is 14.8. The first-order valence-corrected chi connectivity index (χ1v) is 4.95. The summed E-state index contributed by atoms with van der Waals surface area (Å²) in [5.41, 5.74) is -1.13. The molecule has 8 heteroatoms. The summed E-state index contributed by atoms with van der Waals surface area (Å²) >= 11 is 0. The summed E-state index contributed by atoms with van der Waals surface area (Å²) in [4.78, 5) is 10.2. The number of halogens is 6. The fraction of sp³-hybridized carbons (Fsp3) is 0.700. The lowest BCUT2D eigenvalue weighted by molar-refractivity contribution is -0.294. The van der Waals surface area contributed by atoms with Crippen LogP contribution in [0.2, 0.25) is 0 Å². The lowest BCUT2D eigenvalue weighted by Crippen LogP contribution is -2.53. The highest BCUT2D eigenvalue weighted by Gasteiger charge is 2.69. The van der Waals surface area contributed by atoms with Crippen molar-refractivity contribution in [2.75, 3.05) is 0 Å². The quantitative estimate of drug-likeness (QED) is 0.594. The van der Waals surface area contributed by atoms with Gasteiger partial charge in [-0.05, 0) is 6.92 Å². The van der Waals surface area contributed by atoms with E-state index >= 15 is 0 Å². The monoisotopic (exact) mass is 278 g/mol. The third kappa shape index (κ3) is 3.17. The van der Waals surface area contributed by atoms with Gasteiger partial charge in [0.2, 0.25) is 0 Å². The first kappa shape index (κ1) is 16.8. The van der Waals surface area contributed by atoms with Gasteiger partial charge in [-0.25, -0.2) is 4.79 Å². The standard InChI is InChI=1S/C10H12F6O2/c1-3-4-8(11,12)10(15,16)9(13,14)5-6(2)7(17)18/h5H,3-4H2,1-2H3,(H,17,18). The fourth-order valence-corrected chi connectivity index (χ4v) is 1.14. The predicted octanol–water partition coefficient (Wildman–Crippen LogP) is 3.72. The number of carboxylic acids is 1. The Morgan fingerprint density at radius 3 is 1.94 bits per heavy atom. The molecule has 0 saturated carbocycles. The predicted molar refractivity (Wildman–Crippen MR) is 51.1 cm³/mol. The number of hydrogen-bond donors (Lipinski definition) is 1. The summed E-state index contributed by atoms with van der Waals surface area (Å²) in [7, 11) is 0. The molecule has 0 amide bonds. The summed E-state index contributed by atoms with van der Waals surface area (Å²) in [5, 5.41) is 8.28. The second-order valence-corrected chi connectivity index (χ2v) is 3.78. The van der Waals surface area contributed by atoms with Crippen molar-refractivity contribution in [1.82, 2.24) is 0 Å². The third-order valence-electron chi connectivity index (χ3n) is 2.18. The van der Waals surface area contributed by atoms with E-state index in [0.717, 1.165) is 6.92 Å². The van der Waals surface area contributed by atoms with Crippen LogP contribution in [0.5, 0.6) is 0 Å². The topological polar surface area (TPSA) is 37.3 Å². The molecule has 0 saturated heterocycles. The van der Waals surface area contributed by atoms with Crippen LogP contribution in [0.3, 0.4) is 0 Å². The largest absolute Gasteiger partial charge is 0.478 e. The van der Waals surface area contributed by atoms with Crippen LogP contribution < -0.4 is 0 Å². The van der Waals surface area contributed by atoms with Crippen LogP contribution in [-0.2, 0) is 4.79 Å². The van der Waals surface area contributed by atoms with Gasteiger partial charge >= 0.3 is 23.7 Å². The van der Waals surface area contributed by atoms with Crippen molar-refractivity contribution in [1.29, 1.82) is 0 Å². The van der Waals surface area contributed by atoms with E-state index in [1.807, 2.05) is 0 Å².